The number of benzene rings is 1. The van der Waals surface area contributed by atoms with Crippen molar-refractivity contribution < 1.29 is 9.62 Å². The second-order valence-electron chi connectivity index (χ2n) is 2.97. The summed E-state index contributed by atoms with van der Waals surface area (Å²) in [6.45, 7) is 0.326. The zero-order valence-electron chi connectivity index (χ0n) is 7.60. The molecule has 72 valence electrons. The summed E-state index contributed by atoms with van der Waals surface area (Å²) in [5, 5.41) is 8.49. The summed E-state index contributed by atoms with van der Waals surface area (Å²) in [4.78, 5) is 0. The Hall–Kier alpha value is -1.58. The Bertz CT molecular complexity index is 395. The summed E-state index contributed by atoms with van der Waals surface area (Å²) in [5.74, 6) is 1.53. The maximum Gasteiger partial charge on any atom is 0.134 e. The van der Waals surface area contributed by atoms with Gasteiger partial charge in [-0.2, -0.15) is 5.48 Å². The zero-order chi connectivity index (χ0) is 9.80. The molecule has 0 aliphatic heterocycles. The third kappa shape index (κ3) is 1.84. The highest BCUT2D eigenvalue weighted by Crippen LogP contribution is 2.21. The molecule has 14 heavy (non-hydrogen) atoms. The van der Waals surface area contributed by atoms with Crippen LogP contribution in [0.25, 0.3) is 11.3 Å². The number of rotatable bonds is 3. The Morgan fingerprint density at radius 3 is 2.57 bits per heavy atom. The molecule has 0 fully saturated rings. The van der Waals surface area contributed by atoms with E-state index in [-0.39, 0.29) is 0 Å². The number of furan rings is 1. The predicted molar refractivity (Wildman–Crippen MR) is 52.8 cm³/mol. The van der Waals surface area contributed by atoms with Crippen LogP contribution in [0.5, 0.6) is 0 Å². The van der Waals surface area contributed by atoms with Crippen LogP contribution in [0.3, 0.4) is 0 Å². The molecule has 1 aromatic heterocycles. The first-order valence-corrected chi connectivity index (χ1v) is 4.41. The average molecular weight is 189 g/mol. The van der Waals surface area contributed by atoms with Crippen molar-refractivity contribution in [2.24, 2.45) is 0 Å². The van der Waals surface area contributed by atoms with Crippen molar-refractivity contribution in [2.75, 3.05) is 0 Å². The van der Waals surface area contributed by atoms with E-state index in [0.717, 1.165) is 11.3 Å². The highest BCUT2D eigenvalue weighted by molar-refractivity contribution is 5.57. The van der Waals surface area contributed by atoms with E-state index in [1.54, 1.807) is 0 Å². The van der Waals surface area contributed by atoms with E-state index in [4.69, 9.17) is 9.62 Å². The van der Waals surface area contributed by atoms with Crippen LogP contribution >= 0.6 is 0 Å². The topological polar surface area (TPSA) is 45.4 Å². The minimum Gasteiger partial charge on any atom is -0.460 e. The van der Waals surface area contributed by atoms with Gasteiger partial charge in [0, 0.05) is 5.56 Å². The van der Waals surface area contributed by atoms with Gasteiger partial charge in [0.1, 0.15) is 11.5 Å². The maximum atomic E-state index is 8.49. The third-order valence-electron chi connectivity index (χ3n) is 1.97. The van der Waals surface area contributed by atoms with Crippen molar-refractivity contribution in [3.63, 3.8) is 0 Å². The van der Waals surface area contributed by atoms with Gasteiger partial charge in [0.2, 0.25) is 0 Å². The number of hydrogen-bond donors (Lipinski definition) is 2. The van der Waals surface area contributed by atoms with Crippen LogP contribution in [0.1, 0.15) is 5.76 Å². The molecule has 0 atom stereocenters. The smallest absolute Gasteiger partial charge is 0.134 e. The molecule has 0 amide bonds. The Labute approximate surface area is 81.9 Å². The van der Waals surface area contributed by atoms with Crippen LogP contribution in [0.15, 0.2) is 46.9 Å². The lowest BCUT2D eigenvalue weighted by Crippen LogP contribution is -2.04. The van der Waals surface area contributed by atoms with Crippen molar-refractivity contribution in [1.82, 2.24) is 5.48 Å². The van der Waals surface area contributed by atoms with Crippen molar-refractivity contribution in [3.8, 4) is 11.3 Å². The summed E-state index contributed by atoms with van der Waals surface area (Å²) >= 11 is 0. The van der Waals surface area contributed by atoms with Crippen molar-refractivity contribution in [3.05, 3.63) is 48.2 Å². The third-order valence-corrected chi connectivity index (χ3v) is 1.97. The molecule has 0 spiro atoms. The second kappa shape index (κ2) is 4.09. The second-order valence-corrected chi connectivity index (χ2v) is 2.97. The van der Waals surface area contributed by atoms with E-state index in [1.807, 2.05) is 42.5 Å². The molecule has 0 saturated heterocycles. The summed E-state index contributed by atoms with van der Waals surface area (Å²) in [5.41, 5.74) is 3.09. The summed E-state index contributed by atoms with van der Waals surface area (Å²) in [6, 6.07) is 13.6. The summed E-state index contributed by atoms with van der Waals surface area (Å²) in [7, 11) is 0. The molecular weight excluding hydrogens is 178 g/mol. The van der Waals surface area contributed by atoms with Gasteiger partial charge in [0.25, 0.3) is 0 Å². The molecule has 1 aromatic carbocycles. The lowest BCUT2D eigenvalue weighted by Gasteiger charge is -1.95. The van der Waals surface area contributed by atoms with Crippen molar-refractivity contribution >= 4 is 0 Å². The fourth-order valence-corrected chi connectivity index (χ4v) is 1.31. The van der Waals surface area contributed by atoms with Crippen LogP contribution in [-0.2, 0) is 6.54 Å². The monoisotopic (exact) mass is 189 g/mol. The van der Waals surface area contributed by atoms with Gasteiger partial charge in [-0.1, -0.05) is 30.3 Å². The molecule has 0 bridgehead atoms. The fraction of sp³-hybridized carbons (Fsp3) is 0.0909. The highest BCUT2D eigenvalue weighted by atomic mass is 16.5. The Morgan fingerprint density at radius 2 is 1.86 bits per heavy atom. The normalized spacial score (nSPS) is 10.4. The first-order valence-electron chi connectivity index (χ1n) is 4.41. The fourth-order valence-electron chi connectivity index (χ4n) is 1.31. The van der Waals surface area contributed by atoms with Gasteiger partial charge in [-0.25, -0.2) is 0 Å². The minimum atomic E-state index is 0.326. The predicted octanol–water partition coefficient (Wildman–Crippen LogP) is 2.43. The first kappa shape index (κ1) is 8.99. The van der Waals surface area contributed by atoms with Crippen LogP contribution in [0.4, 0.5) is 0 Å². The summed E-state index contributed by atoms with van der Waals surface area (Å²) in [6.07, 6.45) is 0. The molecule has 2 N–H and O–H groups in total. The number of nitrogens with one attached hydrogen (secondary N) is 1. The molecule has 0 saturated carbocycles. The summed E-state index contributed by atoms with van der Waals surface area (Å²) < 4.78 is 5.49. The van der Waals surface area contributed by atoms with E-state index in [9.17, 15) is 0 Å². The zero-order valence-corrected chi connectivity index (χ0v) is 7.60. The maximum absolute atomic E-state index is 8.49. The molecule has 0 unspecified atom stereocenters. The van der Waals surface area contributed by atoms with E-state index in [0.29, 0.717) is 12.3 Å². The molecule has 3 heteroatoms. The molecule has 1 heterocycles. The van der Waals surface area contributed by atoms with Gasteiger partial charge >= 0.3 is 0 Å². The lowest BCUT2D eigenvalue weighted by atomic mass is 10.2. The van der Waals surface area contributed by atoms with Crippen LogP contribution < -0.4 is 5.48 Å². The molecule has 0 radical (unpaired) electrons. The van der Waals surface area contributed by atoms with Crippen molar-refractivity contribution in [2.45, 2.75) is 6.54 Å². The molecule has 0 aliphatic carbocycles. The minimum absolute atomic E-state index is 0.326. The van der Waals surface area contributed by atoms with Gasteiger partial charge in [0.15, 0.2) is 0 Å². The number of hydroxylamine groups is 1. The highest BCUT2D eigenvalue weighted by Gasteiger charge is 2.02. The standard InChI is InChI=1S/C11H11NO2/c13-12-8-10-6-7-11(14-10)9-4-2-1-3-5-9/h1-7,12-13H,8H2. The van der Waals surface area contributed by atoms with Gasteiger partial charge in [0.05, 0.1) is 6.54 Å². The molecular formula is C11H11NO2. The molecule has 0 aliphatic rings. The molecule has 2 aromatic rings. The van der Waals surface area contributed by atoms with Crippen LogP contribution in [-0.4, -0.2) is 5.21 Å². The van der Waals surface area contributed by atoms with Crippen LogP contribution in [0.2, 0.25) is 0 Å². The Morgan fingerprint density at radius 1 is 1.07 bits per heavy atom. The van der Waals surface area contributed by atoms with E-state index < -0.39 is 0 Å². The quantitative estimate of drug-likeness (QED) is 0.729. The molecule has 2 rings (SSSR count). The van der Waals surface area contributed by atoms with Gasteiger partial charge < -0.3 is 9.62 Å². The largest absolute Gasteiger partial charge is 0.460 e. The SMILES string of the molecule is ONCc1ccc(-c2ccccc2)o1. The lowest BCUT2D eigenvalue weighted by molar-refractivity contribution is 0.153. The first-order chi connectivity index (χ1) is 6.90. The Balaban J connectivity index is 2.25. The van der Waals surface area contributed by atoms with Gasteiger partial charge in [-0.3, -0.25) is 0 Å². The number of hydrogen-bond acceptors (Lipinski definition) is 3. The van der Waals surface area contributed by atoms with Crippen molar-refractivity contribution in [1.29, 1.82) is 0 Å². The van der Waals surface area contributed by atoms with Gasteiger partial charge in [-0.15, -0.1) is 0 Å². The van der Waals surface area contributed by atoms with E-state index in [2.05, 4.69) is 5.48 Å². The van der Waals surface area contributed by atoms with Gasteiger partial charge in [-0.05, 0) is 12.1 Å². The average Bonchev–Trinajstić information content (AvgIpc) is 2.68. The van der Waals surface area contributed by atoms with Crippen LogP contribution in [0, 0.1) is 0 Å². The van der Waals surface area contributed by atoms with E-state index in [1.165, 1.54) is 0 Å². The molecule has 3 nitrogen and oxygen atoms in total. The van der Waals surface area contributed by atoms with E-state index >= 15 is 0 Å². The Kier molecular flexibility index (Phi) is 2.62.